The minimum absolute atomic E-state index is 0.0392. The molecule has 37 heavy (non-hydrogen) atoms. The van der Waals surface area contributed by atoms with E-state index in [1.54, 1.807) is 0 Å². The highest BCUT2D eigenvalue weighted by Crippen LogP contribution is 2.34. The first-order valence-corrected chi connectivity index (χ1v) is 13.9. The van der Waals surface area contributed by atoms with E-state index in [0.717, 1.165) is 42.6 Å². The summed E-state index contributed by atoms with van der Waals surface area (Å²) in [6, 6.07) is 21.6. The lowest BCUT2D eigenvalue weighted by Crippen LogP contribution is -2.30. The maximum Gasteiger partial charge on any atom is 0.254 e. The Bertz CT molecular complexity index is 1010. The summed E-state index contributed by atoms with van der Waals surface area (Å²) in [4.78, 5) is 19.3. The van der Waals surface area contributed by atoms with E-state index in [4.69, 9.17) is 0 Å². The van der Waals surface area contributed by atoms with E-state index in [0.29, 0.717) is 12.1 Å². The van der Waals surface area contributed by atoms with Crippen LogP contribution in [0.4, 0.5) is 0 Å². The first-order chi connectivity index (χ1) is 18.1. The van der Waals surface area contributed by atoms with Gasteiger partial charge in [0, 0.05) is 31.0 Å². The number of aromatic nitrogens is 1. The predicted octanol–water partition coefficient (Wildman–Crippen LogP) is 6.79. The van der Waals surface area contributed by atoms with Crippen molar-refractivity contribution in [1.82, 2.24) is 15.2 Å². The van der Waals surface area contributed by atoms with E-state index in [-0.39, 0.29) is 11.9 Å². The molecule has 0 saturated carbocycles. The third-order valence-electron chi connectivity index (χ3n) is 6.04. The van der Waals surface area contributed by atoms with Crippen LogP contribution in [0.1, 0.15) is 92.9 Å². The molecule has 0 aliphatic heterocycles. The molecule has 2 aromatic carbocycles. The fourth-order valence-electron chi connectivity index (χ4n) is 4.22. The highest BCUT2D eigenvalue weighted by atomic mass is 16.3. The second-order valence-electron chi connectivity index (χ2n) is 8.09. The Hall–Kier alpha value is -3.02. The number of benzene rings is 2. The van der Waals surface area contributed by atoms with E-state index in [2.05, 4.69) is 16.4 Å². The molecule has 1 aromatic heterocycles. The van der Waals surface area contributed by atoms with Crippen molar-refractivity contribution in [3.05, 3.63) is 101 Å². The summed E-state index contributed by atoms with van der Waals surface area (Å²) < 4.78 is 0. The molecule has 2 N–H and O–H groups in total. The lowest BCUT2D eigenvalue weighted by molar-refractivity contribution is 0.0730. The Morgan fingerprint density at radius 1 is 0.973 bits per heavy atom. The lowest BCUT2D eigenvalue weighted by atomic mass is 10.1. The van der Waals surface area contributed by atoms with E-state index in [9.17, 15) is 9.90 Å². The average molecular weight is 506 g/mol. The van der Waals surface area contributed by atoms with Crippen LogP contribution in [-0.4, -0.2) is 41.0 Å². The Labute approximate surface area is 225 Å². The number of hydrogen-bond acceptors (Lipinski definition) is 4. The Morgan fingerprint density at radius 2 is 1.62 bits per heavy atom. The van der Waals surface area contributed by atoms with Crippen LogP contribution >= 0.6 is 0 Å². The van der Waals surface area contributed by atoms with Gasteiger partial charge in [-0.2, -0.15) is 0 Å². The van der Waals surface area contributed by atoms with Gasteiger partial charge in [0.15, 0.2) is 0 Å². The maximum absolute atomic E-state index is 13.0. The van der Waals surface area contributed by atoms with Gasteiger partial charge in [-0.1, -0.05) is 90.1 Å². The Balaban J connectivity index is 0.00000106. The molecule has 1 heterocycles. The predicted molar refractivity (Wildman–Crippen MR) is 156 cm³/mol. The molecule has 0 saturated heterocycles. The standard InChI is InChI=1S/C26H29N3O2.3C2H6/c1-29(24-14-13-23-22(24)8-5-16-28-23)26(31)21-11-9-19(10-12-21)15-17-27-18-25(30)20-6-3-2-4-7-20;3*1-2/h2-12,16,24-25,27,30H,13-15,17-18H2,1H3;3*1-2H3. The number of hydrogen-bond donors (Lipinski definition) is 2. The van der Waals surface area contributed by atoms with Crippen LogP contribution in [0.2, 0.25) is 0 Å². The summed E-state index contributed by atoms with van der Waals surface area (Å²) in [6.07, 6.45) is 4.00. The summed E-state index contributed by atoms with van der Waals surface area (Å²) in [6.45, 7) is 13.3. The van der Waals surface area contributed by atoms with Crippen LogP contribution in [0.3, 0.4) is 0 Å². The number of nitrogens with zero attached hydrogens (tertiary/aromatic N) is 2. The normalized spacial score (nSPS) is 13.9. The van der Waals surface area contributed by atoms with Crippen molar-refractivity contribution in [2.45, 2.75) is 73.0 Å². The molecule has 0 fully saturated rings. The molecule has 5 heteroatoms. The van der Waals surface area contributed by atoms with Crippen molar-refractivity contribution in [3.8, 4) is 0 Å². The van der Waals surface area contributed by atoms with Gasteiger partial charge in [0.05, 0.1) is 12.1 Å². The molecule has 1 aliphatic carbocycles. The zero-order valence-corrected chi connectivity index (χ0v) is 23.9. The van der Waals surface area contributed by atoms with Crippen LogP contribution in [0.5, 0.6) is 0 Å². The lowest BCUT2D eigenvalue weighted by Gasteiger charge is -2.25. The van der Waals surface area contributed by atoms with Gasteiger partial charge < -0.3 is 15.3 Å². The van der Waals surface area contributed by atoms with Gasteiger partial charge in [-0.05, 0) is 60.7 Å². The third kappa shape index (κ3) is 9.42. The Morgan fingerprint density at radius 3 is 2.27 bits per heavy atom. The van der Waals surface area contributed by atoms with Gasteiger partial charge in [-0.3, -0.25) is 9.78 Å². The minimum atomic E-state index is -0.507. The average Bonchev–Trinajstić information content (AvgIpc) is 3.42. The van der Waals surface area contributed by atoms with Crippen LogP contribution < -0.4 is 5.32 Å². The zero-order chi connectivity index (χ0) is 27.6. The molecule has 0 spiro atoms. The number of fused-ring (bicyclic) bond motifs is 1. The van der Waals surface area contributed by atoms with E-state index >= 15 is 0 Å². The number of rotatable bonds is 8. The molecule has 4 rings (SSSR count). The highest BCUT2D eigenvalue weighted by Gasteiger charge is 2.29. The molecule has 3 aromatic rings. The topological polar surface area (TPSA) is 65.5 Å². The molecule has 0 radical (unpaired) electrons. The van der Waals surface area contributed by atoms with Crippen molar-refractivity contribution in [2.24, 2.45) is 0 Å². The third-order valence-corrected chi connectivity index (χ3v) is 6.04. The van der Waals surface area contributed by atoms with Gasteiger partial charge >= 0.3 is 0 Å². The molecule has 2 unspecified atom stereocenters. The number of aliphatic hydroxyl groups excluding tert-OH is 1. The fraction of sp³-hybridized carbons (Fsp3) is 0.438. The SMILES string of the molecule is CC.CC.CC.CN(C(=O)c1ccc(CCNCC(O)c2ccccc2)cc1)C1CCc2ncccc21. The van der Waals surface area contributed by atoms with E-state index in [1.807, 2.05) is 120 Å². The summed E-state index contributed by atoms with van der Waals surface area (Å²) in [7, 11) is 1.88. The largest absolute Gasteiger partial charge is 0.387 e. The van der Waals surface area contributed by atoms with E-state index < -0.39 is 6.10 Å². The van der Waals surface area contributed by atoms with E-state index in [1.165, 1.54) is 5.56 Å². The second kappa shape index (κ2) is 18.3. The second-order valence-corrected chi connectivity index (χ2v) is 8.09. The first-order valence-electron chi connectivity index (χ1n) is 13.9. The van der Waals surface area contributed by atoms with Gasteiger partial charge in [-0.25, -0.2) is 0 Å². The number of amides is 1. The highest BCUT2D eigenvalue weighted by molar-refractivity contribution is 5.94. The quantitative estimate of drug-likeness (QED) is 0.331. The Kier molecular flexibility index (Phi) is 15.8. The van der Waals surface area contributed by atoms with Crippen LogP contribution in [-0.2, 0) is 12.8 Å². The molecule has 1 aliphatic rings. The van der Waals surface area contributed by atoms with Gasteiger partial charge in [0.25, 0.3) is 5.91 Å². The van der Waals surface area contributed by atoms with Crippen molar-refractivity contribution in [1.29, 1.82) is 0 Å². The number of aliphatic hydroxyl groups is 1. The molecule has 202 valence electrons. The van der Waals surface area contributed by atoms with Crippen molar-refractivity contribution in [3.63, 3.8) is 0 Å². The zero-order valence-electron chi connectivity index (χ0n) is 23.9. The van der Waals surface area contributed by atoms with Gasteiger partial charge in [-0.15, -0.1) is 0 Å². The number of carbonyl (C=O) groups is 1. The summed E-state index contributed by atoms with van der Waals surface area (Å²) in [5.74, 6) is 0.0392. The van der Waals surface area contributed by atoms with Crippen LogP contribution in [0, 0.1) is 0 Å². The molecule has 2 atom stereocenters. The number of nitrogens with one attached hydrogen (secondary N) is 1. The number of aryl methyl sites for hydroxylation is 1. The summed E-state index contributed by atoms with van der Waals surface area (Å²) in [5, 5.41) is 13.5. The van der Waals surface area contributed by atoms with Crippen molar-refractivity contribution >= 4 is 5.91 Å². The molecule has 1 amide bonds. The smallest absolute Gasteiger partial charge is 0.254 e. The molecule has 5 nitrogen and oxygen atoms in total. The minimum Gasteiger partial charge on any atom is -0.387 e. The van der Waals surface area contributed by atoms with Crippen molar-refractivity contribution < 1.29 is 9.90 Å². The summed E-state index contributed by atoms with van der Waals surface area (Å²) >= 11 is 0. The molecular weight excluding hydrogens is 458 g/mol. The maximum atomic E-state index is 13.0. The van der Waals surface area contributed by atoms with Gasteiger partial charge in [0.1, 0.15) is 0 Å². The van der Waals surface area contributed by atoms with Gasteiger partial charge in [0.2, 0.25) is 0 Å². The number of pyridine rings is 1. The summed E-state index contributed by atoms with van der Waals surface area (Å²) in [5.41, 5.74) is 5.06. The van der Waals surface area contributed by atoms with Crippen LogP contribution in [0.15, 0.2) is 72.9 Å². The monoisotopic (exact) mass is 505 g/mol. The van der Waals surface area contributed by atoms with Crippen LogP contribution in [0.25, 0.3) is 0 Å². The fourth-order valence-corrected chi connectivity index (χ4v) is 4.22. The molecular formula is C32H47N3O2. The van der Waals surface area contributed by atoms with Crippen molar-refractivity contribution in [2.75, 3.05) is 20.1 Å². The number of carbonyl (C=O) groups excluding carboxylic acids is 1. The first kappa shape index (κ1) is 32.0. The molecule has 0 bridgehead atoms.